The molecule has 0 saturated carbocycles. The number of amides is 1. The summed E-state index contributed by atoms with van der Waals surface area (Å²) in [5, 5.41) is 8.69. The number of rotatable bonds is 4. The lowest BCUT2D eigenvalue weighted by atomic mass is 9.96. The Morgan fingerprint density at radius 2 is 2.05 bits per heavy atom. The summed E-state index contributed by atoms with van der Waals surface area (Å²) in [6, 6.07) is 7.82. The molecule has 1 heterocycles. The van der Waals surface area contributed by atoms with E-state index in [0.29, 0.717) is 25.0 Å². The van der Waals surface area contributed by atoms with Crippen LogP contribution in [0.2, 0.25) is 0 Å². The maximum atomic E-state index is 12.0. The predicted molar refractivity (Wildman–Crippen MR) is 80.0 cm³/mol. The summed E-state index contributed by atoms with van der Waals surface area (Å²) in [5.74, 6) is -0.905. The van der Waals surface area contributed by atoms with Crippen molar-refractivity contribution in [1.82, 2.24) is 4.72 Å². The Labute approximate surface area is 129 Å². The number of anilines is 1. The Kier molecular flexibility index (Phi) is 5.00. The molecule has 22 heavy (non-hydrogen) atoms. The van der Waals surface area contributed by atoms with E-state index in [1.165, 1.54) is 24.3 Å². The number of carbonyl (C=O) groups is 1. The summed E-state index contributed by atoms with van der Waals surface area (Å²) in [5.41, 5.74) is 0.697. The third kappa shape index (κ3) is 4.44. The smallest absolute Gasteiger partial charge is 0.323 e. The molecule has 2 N–H and O–H groups in total. The zero-order valence-electron chi connectivity index (χ0n) is 12.1. The molecule has 1 amide bonds. The second-order valence-corrected chi connectivity index (χ2v) is 6.58. The molecule has 0 aromatic heterocycles. The summed E-state index contributed by atoms with van der Waals surface area (Å²) >= 11 is 0. The zero-order chi connectivity index (χ0) is 16.2. The van der Waals surface area contributed by atoms with Crippen LogP contribution in [0.15, 0.2) is 24.3 Å². The van der Waals surface area contributed by atoms with Gasteiger partial charge in [-0.2, -0.15) is 13.7 Å². The minimum atomic E-state index is -3.99. The Balaban J connectivity index is 1.98. The monoisotopic (exact) mass is 323 g/mol. The maximum Gasteiger partial charge on any atom is 0.323 e. The largest absolute Gasteiger partial charge is 0.378 e. The van der Waals surface area contributed by atoms with Gasteiger partial charge in [0.2, 0.25) is 5.91 Å². The van der Waals surface area contributed by atoms with Crippen LogP contribution in [-0.2, 0) is 19.7 Å². The molecule has 2 atom stereocenters. The highest BCUT2D eigenvalue weighted by Crippen LogP contribution is 2.20. The van der Waals surface area contributed by atoms with Gasteiger partial charge in [0.1, 0.15) is 0 Å². The molecule has 1 saturated heterocycles. The van der Waals surface area contributed by atoms with Crippen molar-refractivity contribution in [3.05, 3.63) is 29.8 Å². The van der Waals surface area contributed by atoms with Crippen LogP contribution in [-0.4, -0.2) is 27.0 Å². The van der Waals surface area contributed by atoms with Crippen molar-refractivity contribution < 1.29 is 17.9 Å². The first kappa shape index (κ1) is 16.3. The molecule has 0 bridgehead atoms. The number of ether oxygens (including phenoxy) is 1. The fourth-order valence-corrected chi connectivity index (χ4v) is 3.17. The van der Waals surface area contributed by atoms with Crippen molar-refractivity contribution in [3.8, 4) is 6.07 Å². The van der Waals surface area contributed by atoms with Crippen LogP contribution in [0.4, 0.5) is 5.69 Å². The first-order valence-electron chi connectivity index (χ1n) is 6.86. The van der Waals surface area contributed by atoms with Gasteiger partial charge in [0.25, 0.3) is 0 Å². The van der Waals surface area contributed by atoms with E-state index >= 15 is 0 Å². The highest BCUT2D eigenvalue weighted by atomic mass is 32.2. The van der Waals surface area contributed by atoms with Crippen LogP contribution in [0.3, 0.4) is 0 Å². The summed E-state index contributed by atoms with van der Waals surface area (Å²) in [7, 11) is -3.99. The lowest BCUT2D eigenvalue weighted by Gasteiger charge is -2.26. The number of carbonyl (C=O) groups excluding carboxylic acids is 1. The van der Waals surface area contributed by atoms with Crippen LogP contribution in [0, 0.1) is 17.2 Å². The average molecular weight is 323 g/mol. The van der Waals surface area contributed by atoms with E-state index in [2.05, 4.69) is 4.72 Å². The van der Waals surface area contributed by atoms with Crippen LogP contribution < -0.4 is 9.44 Å². The number of nitrogens with zero attached hydrogens (tertiary/aromatic N) is 1. The van der Waals surface area contributed by atoms with Crippen LogP contribution in [0.5, 0.6) is 0 Å². The van der Waals surface area contributed by atoms with E-state index in [1.54, 1.807) is 0 Å². The molecule has 118 valence electrons. The lowest BCUT2D eigenvalue weighted by molar-refractivity contribution is -0.127. The van der Waals surface area contributed by atoms with Crippen LogP contribution in [0.1, 0.15) is 25.3 Å². The fraction of sp³-hybridized carbons (Fsp3) is 0.429. The summed E-state index contributed by atoms with van der Waals surface area (Å²) in [4.78, 5) is 12.0. The molecule has 7 nitrogen and oxygen atoms in total. The molecule has 2 rings (SSSR count). The molecule has 1 aliphatic heterocycles. The third-order valence-corrected chi connectivity index (χ3v) is 4.33. The number of nitriles is 1. The molecule has 0 aliphatic carbocycles. The van der Waals surface area contributed by atoms with Gasteiger partial charge in [-0.3, -0.25) is 9.52 Å². The van der Waals surface area contributed by atoms with Gasteiger partial charge < -0.3 is 4.74 Å². The first-order chi connectivity index (χ1) is 10.4. The van der Waals surface area contributed by atoms with E-state index in [9.17, 15) is 13.2 Å². The predicted octanol–water partition coefficient (Wildman–Crippen LogP) is 1.15. The van der Waals surface area contributed by atoms with Gasteiger partial charge in [-0.1, -0.05) is 0 Å². The number of nitrogens with one attached hydrogen (secondary N) is 2. The highest BCUT2D eigenvalue weighted by molar-refractivity contribution is 7.91. The fourth-order valence-electron chi connectivity index (χ4n) is 2.25. The molecular weight excluding hydrogens is 306 g/mol. The summed E-state index contributed by atoms with van der Waals surface area (Å²) in [6.07, 6.45) is 0.944. The molecule has 1 aromatic carbocycles. The van der Waals surface area contributed by atoms with Crippen molar-refractivity contribution >= 4 is 21.8 Å². The molecule has 8 heteroatoms. The second kappa shape index (κ2) is 6.77. The van der Waals surface area contributed by atoms with Crippen molar-refractivity contribution in [3.63, 3.8) is 0 Å². The minimum absolute atomic E-state index is 0.0568. The molecule has 2 unspecified atom stereocenters. The Hall–Kier alpha value is -2.11. The number of hydrogen-bond acceptors (Lipinski definition) is 5. The first-order valence-corrected chi connectivity index (χ1v) is 8.34. The van der Waals surface area contributed by atoms with E-state index < -0.39 is 16.1 Å². The summed E-state index contributed by atoms with van der Waals surface area (Å²) < 4.78 is 33.5. The van der Waals surface area contributed by atoms with Crippen LogP contribution >= 0.6 is 0 Å². The Morgan fingerprint density at radius 3 is 2.64 bits per heavy atom. The van der Waals surface area contributed by atoms with Crippen LogP contribution in [0.25, 0.3) is 0 Å². The summed E-state index contributed by atoms with van der Waals surface area (Å²) in [6.45, 7) is 2.30. The zero-order valence-corrected chi connectivity index (χ0v) is 12.9. The van der Waals surface area contributed by atoms with Crippen molar-refractivity contribution in [1.29, 1.82) is 5.26 Å². The van der Waals surface area contributed by atoms with Gasteiger partial charge in [-0.15, -0.1) is 0 Å². The van der Waals surface area contributed by atoms with Gasteiger partial charge in [0.15, 0.2) is 0 Å². The SMILES string of the molecule is CC1CC(C(=O)NS(=O)(=O)Nc2ccc(C#N)cc2)CCO1. The van der Waals surface area contributed by atoms with E-state index in [4.69, 9.17) is 10.00 Å². The number of hydrogen-bond donors (Lipinski definition) is 2. The maximum absolute atomic E-state index is 12.0. The van der Waals surface area contributed by atoms with Gasteiger partial charge in [-0.25, -0.2) is 4.72 Å². The van der Waals surface area contributed by atoms with E-state index in [1.807, 2.05) is 17.7 Å². The Morgan fingerprint density at radius 1 is 1.36 bits per heavy atom. The topological polar surface area (TPSA) is 108 Å². The quantitative estimate of drug-likeness (QED) is 0.864. The average Bonchev–Trinajstić information content (AvgIpc) is 2.47. The second-order valence-electron chi connectivity index (χ2n) is 5.16. The standard InChI is InChI=1S/C14H17N3O4S/c1-10-8-12(6-7-21-10)14(18)17-22(19,20)16-13-4-2-11(9-15)3-5-13/h2-5,10,12,16H,6-8H2,1H3,(H,17,18). The van der Waals surface area contributed by atoms with E-state index in [0.717, 1.165) is 0 Å². The molecular formula is C14H17N3O4S. The highest BCUT2D eigenvalue weighted by Gasteiger charge is 2.28. The minimum Gasteiger partial charge on any atom is -0.378 e. The Bertz CT molecular complexity index is 679. The third-order valence-electron chi connectivity index (χ3n) is 3.36. The lowest BCUT2D eigenvalue weighted by Crippen LogP contribution is -2.42. The molecule has 1 aliphatic rings. The normalized spacial score (nSPS) is 21.6. The number of benzene rings is 1. The van der Waals surface area contributed by atoms with Gasteiger partial charge in [-0.05, 0) is 44.0 Å². The van der Waals surface area contributed by atoms with Crippen molar-refractivity contribution in [2.45, 2.75) is 25.9 Å². The van der Waals surface area contributed by atoms with Crippen molar-refractivity contribution in [2.75, 3.05) is 11.3 Å². The van der Waals surface area contributed by atoms with Gasteiger partial charge in [0, 0.05) is 12.5 Å². The molecule has 0 spiro atoms. The molecule has 1 aromatic rings. The van der Waals surface area contributed by atoms with Gasteiger partial charge >= 0.3 is 10.2 Å². The molecule has 0 radical (unpaired) electrons. The van der Waals surface area contributed by atoms with Gasteiger partial charge in [0.05, 0.1) is 23.4 Å². The molecule has 1 fully saturated rings. The van der Waals surface area contributed by atoms with E-state index in [-0.39, 0.29) is 17.7 Å². The van der Waals surface area contributed by atoms with Crippen molar-refractivity contribution in [2.24, 2.45) is 5.92 Å².